The van der Waals surface area contributed by atoms with Gasteiger partial charge in [0.15, 0.2) is 6.10 Å². The number of allylic oxidation sites excluding steroid dienone is 18. The highest BCUT2D eigenvalue weighted by Gasteiger charge is 2.26. The zero-order valence-corrected chi connectivity index (χ0v) is 43.9. The van der Waals surface area contributed by atoms with E-state index >= 15 is 0 Å². The van der Waals surface area contributed by atoms with Gasteiger partial charge in [0.1, 0.15) is 6.61 Å². The van der Waals surface area contributed by atoms with Crippen LogP contribution >= 0.6 is 7.82 Å². The summed E-state index contributed by atoms with van der Waals surface area (Å²) < 4.78 is 32.9. The highest BCUT2D eigenvalue weighted by atomic mass is 31.2. The Morgan fingerprint density at radius 1 is 0.456 bits per heavy atom. The van der Waals surface area contributed by atoms with Crippen molar-refractivity contribution in [3.05, 3.63) is 109 Å². The Kier molecular flexibility index (Phi) is 50.4. The molecule has 0 aromatic carbocycles. The lowest BCUT2D eigenvalue weighted by molar-refractivity contribution is -0.161. The molecule has 0 rings (SSSR count). The lowest BCUT2D eigenvalue weighted by Crippen LogP contribution is -2.29. The monoisotopic (exact) mass is 968 g/mol. The van der Waals surface area contributed by atoms with Crippen molar-refractivity contribution in [1.82, 2.24) is 0 Å². The first-order valence-electron chi connectivity index (χ1n) is 26.9. The molecule has 68 heavy (non-hydrogen) atoms. The molecule has 3 N–H and O–H groups in total. The Morgan fingerprint density at radius 2 is 0.809 bits per heavy atom. The summed E-state index contributed by atoms with van der Waals surface area (Å²) in [6.07, 6.45) is 71.2. The quantitative estimate of drug-likeness (QED) is 0.0264. The van der Waals surface area contributed by atoms with E-state index < -0.39 is 32.5 Å². The van der Waals surface area contributed by atoms with Gasteiger partial charge in [-0.25, -0.2) is 4.57 Å². The van der Waals surface area contributed by atoms with Crippen LogP contribution in [0.3, 0.4) is 0 Å². The number of phosphoric ester groups is 1. The third-order valence-corrected chi connectivity index (χ3v) is 11.9. The molecular formula is C58H98NO8P. The lowest BCUT2D eigenvalue weighted by Gasteiger charge is -2.19. The molecule has 388 valence electrons. The van der Waals surface area contributed by atoms with Gasteiger partial charge in [-0.05, 0) is 103 Å². The van der Waals surface area contributed by atoms with E-state index in [1.54, 1.807) is 0 Å². The van der Waals surface area contributed by atoms with Gasteiger partial charge in [0, 0.05) is 19.4 Å². The predicted molar refractivity (Wildman–Crippen MR) is 288 cm³/mol. The Labute approximate surface area is 416 Å². The SMILES string of the molecule is CC/C=C\C/C=C\C/C=C\C/C=C\C/C=C\C/C=C\C/C=C\CCCCCCCCCC(=O)OC(COC(=O)CCCCCCCCC/C=C\C/C=C\CCCCCC)COP(=O)(O)OCCN. The van der Waals surface area contributed by atoms with E-state index in [0.717, 1.165) is 109 Å². The first-order chi connectivity index (χ1) is 33.3. The highest BCUT2D eigenvalue weighted by Crippen LogP contribution is 2.43. The number of phosphoric acid groups is 1. The largest absolute Gasteiger partial charge is 0.472 e. The Bertz CT molecular complexity index is 1480. The van der Waals surface area contributed by atoms with Crippen molar-refractivity contribution in [3.8, 4) is 0 Å². The summed E-state index contributed by atoms with van der Waals surface area (Å²) in [7, 11) is -4.40. The van der Waals surface area contributed by atoms with Gasteiger partial charge in [-0.15, -0.1) is 0 Å². The molecule has 0 saturated heterocycles. The first kappa shape index (κ1) is 64.7. The summed E-state index contributed by atoms with van der Waals surface area (Å²) in [4.78, 5) is 35.1. The van der Waals surface area contributed by atoms with Crippen LogP contribution in [0.1, 0.15) is 213 Å². The van der Waals surface area contributed by atoms with Crippen LogP contribution in [-0.2, 0) is 32.7 Å². The van der Waals surface area contributed by atoms with E-state index in [2.05, 4.69) is 123 Å². The van der Waals surface area contributed by atoms with E-state index in [1.807, 2.05) is 0 Å². The number of unbranched alkanes of at least 4 members (excludes halogenated alkanes) is 18. The van der Waals surface area contributed by atoms with Crippen molar-refractivity contribution < 1.29 is 37.6 Å². The lowest BCUT2D eigenvalue weighted by atomic mass is 10.1. The summed E-state index contributed by atoms with van der Waals surface area (Å²) in [5, 5.41) is 0. The third-order valence-electron chi connectivity index (χ3n) is 10.9. The van der Waals surface area contributed by atoms with Crippen LogP contribution in [0.15, 0.2) is 109 Å². The van der Waals surface area contributed by atoms with E-state index in [0.29, 0.717) is 6.42 Å². The van der Waals surface area contributed by atoms with Crippen LogP contribution in [0.2, 0.25) is 0 Å². The fourth-order valence-electron chi connectivity index (χ4n) is 6.94. The zero-order chi connectivity index (χ0) is 49.5. The molecule has 0 heterocycles. The molecule has 0 bridgehead atoms. The van der Waals surface area contributed by atoms with E-state index in [1.165, 1.54) is 70.6 Å². The number of esters is 2. The summed E-state index contributed by atoms with van der Waals surface area (Å²) >= 11 is 0. The minimum absolute atomic E-state index is 0.0445. The van der Waals surface area contributed by atoms with Crippen molar-refractivity contribution in [2.24, 2.45) is 5.73 Å². The Morgan fingerprint density at radius 3 is 1.21 bits per heavy atom. The Balaban J connectivity index is 4.10. The third kappa shape index (κ3) is 52.0. The number of hydrogen-bond acceptors (Lipinski definition) is 8. The normalized spacial score (nSPS) is 14.0. The maximum Gasteiger partial charge on any atom is 0.472 e. The molecule has 10 heteroatoms. The van der Waals surface area contributed by atoms with Crippen LogP contribution in [0.4, 0.5) is 0 Å². The highest BCUT2D eigenvalue weighted by molar-refractivity contribution is 7.47. The number of hydrogen-bond donors (Lipinski definition) is 2. The number of carbonyl (C=O) groups is 2. The summed E-state index contributed by atoms with van der Waals surface area (Å²) in [5.41, 5.74) is 5.37. The second kappa shape index (κ2) is 53.0. The van der Waals surface area contributed by atoms with Gasteiger partial charge in [-0.1, -0.05) is 207 Å². The molecule has 0 aromatic rings. The van der Waals surface area contributed by atoms with Gasteiger partial charge >= 0.3 is 19.8 Å². The number of ether oxygens (including phenoxy) is 2. The fourth-order valence-corrected chi connectivity index (χ4v) is 7.70. The topological polar surface area (TPSA) is 134 Å². The van der Waals surface area contributed by atoms with E-state index in [4.69, 9.17) is 24.3 Å². The van der Waals surface area contributed by atoms with Crippen LogP contribution in [-0.4, -0.2) is 49.3 Å². The van der Waals surface area contributed by atoms with Crippen LogP contribution < -0.4 is 5.73 Å². The standard InChI is InChI=1S/C58H98NO8P/c1-3-5-7-9-11-13-15-17-19-21-23-24-25-26-27-28-29-30-31-32-33-35-37-39-41-43-45-47-49-51-58(61)67-56(55-66-68(62,63)65-53-52-59)54-64-57(60)50-48-46-44-42-40-38-36-34-22-20-18-16-14-12-10-8-6-4-2/h5,7,11,13-14,16-17,19-20,22-24,26-27,29-30,32-33,56H,3-4,6,8-10,12,15,18,21,25,28,31,34-55,59H2,1-2H3,(H,62,63)/b7-5-,13-11-,16-14-,19-17-,22-20-,24-23-,27-26-,30-29-,33-32-. The number of rotatable bonds is 49. The maximum absolute atomic E-state index is 12.7. The first-order valence-corrected chi connectivity index (χ1v) is 28.4. The van der Waals surface area contributed by atoms with Crippen LogP contribution in [0, 0.1) is 0 Å². The molecule has 0 aliphatic carbocycles. The van der Waals surface area contributed by atoms with Crippen molar-refractivity contribution in [2.75, 3.05) is 26.4 Å². The number of carbonyl (C=O) groups excluding carboxylic acids is 2. The minimum atomic E-state index is -4.40. The van der Waals surface area contributed by atoms with Crippen molar-refractivity contribution in [2.45, 2.75) is 219 Å². The second-order valence-electron chi connectivity index (χ2n) is 17.4. The minimum Gasteiger partial charge on any atom is -0.462 e. The van der Waals surface area contributed by atoms with Crippen LogP contribution in [0.5, 0.6) is 0 Å². The molecule has 0 aliphatic rings. The van der Waals surface area contributed by atoms with Gasteiger partial charge in [0.05, 0.1) is 13.2 Å². The van der Waals surface area contributed by atoms with Gasteiger partial charge in [-0.3, -0.25) is 18.6 Å². The van der Waals surface area contributed by atoms with E-state index in [9.17, 15) is 19.0 Å². The van der Waals surface area contributed by atoms with Gasteiger partial charge in [0.2, 0.25) is 0 Å². The van der Waals surface area contributed by atoms with Crippen LogP contribution in [0.25, 0.3) is 0 Å². The van der Waals surface area contributed by atoms with Gasteiger partial charge in [0.25, 0.3) is 0 Å². The summed E-state index contributed by atoms with van der Waals surface area (Å²) in [5.74, 6) is -0.856. The maximum atomic E-state index is 12.7. The average Bonchev–Trinajstić information content (AvgIpc) is 3.33. The molecular weight excluding hydrogens is 870 g/mol. The fraction of sp³-hybridized carbons (Fsp3) is 0.655. The van der Waals surface area contributed by atoms with Gasteiger partial charge < -0.3 is 20.1 Å². The summed E-state index contributed by atoms with van der Waals surface area (Å²) in [6, 6.07) is 0. The zero-order valence-electron chi connectivity index (χ0n) is 43.0. The summed E-state index contributed by atoms with van der Waals surface area (Å²) in [6.45, 7) is 3.58. The molecule has 0 spiro atoms. The molecule has 0 fully saturated rings. The molecule has 9 nitrogen and oxygen atoms in total. The molecule has 0 aliphatic heterocycles. The number of nitrogens with two attached hydrogens (primary N) is 1. The average molecular weight is 968 g/mol. The molecule has 0 amide bonds. The second-order valence-corrected chi connectivity index (χ2v) is 18.8. The van der Waals surface area contributed by atoms with Crippen molar-refractivity contribution in [3.63, 3.8) is 0 Å². The molecule has 0 radical (unpaired) electrons. The molecule has 0 aromatic heterocycles. The smallest absolute Gasteiger partial charge is 0.462 e. The molecule has 2 atom stereocenters. The van der Waals surface area contributed by atoms with E-state index in [-0.39, 0.29) is 32.6 Å². The van der Waals surface area contributed by atoms with Gasteiger partial charge in [-0.2, -0.15) is 0 Å². The predicted octanol–water partition coefficient (Wildman–Crippen LogP) is 16.7. The molecule has 0 saturated carbocycles. The van der Waals surface area contributed by atoms with Crippen molar-refractivity contribution >= 4 is 19.8 Å². The van der Waals surface area contributed by atoms with Crippen molar-refractivity contribution in [1.29, 1.82) is 0 Å². The molecule has 2 unspecified atom stereocenters. The Hall–Kier alpha value is -3.33.